The van der Waals surface area contributed by atoms with Crippen LogP contribution in [0.15, 0.2) is 30.9 Å². The number of rotatable bonds is 2. The first-order valence-electron chi connectivity index (χ1n) is 4.64. The first-order valence-corrected chi connectivity index (χ1v) is 4.64. The van der Waals surface area contributed by atoms with Crippen LogP contribution >= 0.6 is 0 Å². The van der Waals surface area contributed by atoms with E-state index in [9.17, 15) is 5.11 Å². The Bertz CT molecular complexity index is 617. The lowest BCUT2D eigenvalue weighted by molar-refractivity contribution is 0.469. The van der Waals surface area contributed by atoms with E-state index < -0.39 is 0 Å². The summed E-state index contributed by atoms with van der Waals surface area (Å²) in [5, 5.41) is 31.3. The molecule has 0 aliphatic heterocycles. The van der Waals surface area contributed by atoms with Gasteiger partial charge < -0.3 is 5.11 Å². The quantitative estimate of drug-likeness (QED) is 0.622. The van der Waals surface area contributed by atoms with Gasteiger partial charge in [-0.3, -0.25) is 0 Å². The SMILES string of the molecule is Oc1ccc(-n2cnnn2)cc1-n1cnnn1. The van der Waals surface area contributed by atoms with Crippen molar-refractivity contribution in [3.8, 4) is 17.1 Å². The predicted molar refractivity (Wildman–Crippen MR) is 53.5 cm³/mol. The molecular weight excluding hydrogens is 224 g/mol. The maximum atomic E-state index is 9.73. The Hall–Kier alpha value is -2.84. The summed E-state index contributed by atoms with van der Waals surface area (Å²) < 4.78 is 2.82. The lowest BCUT2D eigenvalue weighted by atomic mass is 10.2. The van der Waals surface area contributed by atoms with Gasteiger partial charge in [0, 0.05) is 0 Å². The third-order valence-electron chi connectivity index (χ3n) is 2.17. The summed E-state index contributed by atoms with van der Waals surface area (Å²) in [6.45, 7) is 0. The summed E-state index contributed by atoms with van der Waals surface area (Å²) in [6.07, 6.45) is 2.84. The van der Waals surface area contributed by atoms with Crippen molar-refractivity contribution in [1.82, 2.24) is 40.4 Å². The van der Waals surface area contributed by atoms with Gasteiger partial charge in [-0.15, -0.1) is 10.2 Å². The fraction of sp³-hybridized carbons (Fsp3) is 0. The second kappa shape index (κ2) is 3.63. The Kier molecular flexibility index (Phi) is 2.00. The van der Waals surface area contributed by atoms with Crippen LogP contribution in [-0.4, -0.2) is 45.5 Å². The van der Waals surface area contributed by atoms with E-state index in [0.717, 1.165) is 0 Å². The van der Waals surface area contributed by atoms with Gasteiger partial charge in [0.25, 0.3) is 0 Å². The average Bonchev–Trinajstić information content (AvgIpc) is 3.03. The molecule has 9 nitrogen and oxygen atoms in total. The number of phenols is 1. The van der Waals surface area contributed by atoms with Crippen LogP contribution in [-0.2, 0) is 0 Å². The second-order valence-corrected chi connectivity index (χ2v) is 3.18. The van der Waals surface area contributed by atoms with E-state index in [2.05, 4.69) is 31.1 Å². The fourth-order valence-electron chi connectivity index (χ4n) is 1.39. The van der Waals surface area contributed by atoms with E-state index in [-0.39, 0.29) is 5.75 Å². The number of aromatic nitrogens is 8. The summed E-state index contributed by atoms with van der Waals surface area (Å²) in [7, 11) is 0. The van der Waals surface area contributed by atoms with Crippen molar-refractivity contribution >= 4 is 0 Å². The minimum Gasteiger partial charge on any atom is -0.506 e. The third kappa shape index (κ3) is 1.58. The van der Waals surface area contributed by atoms with Crippen molar-refractivity contribution in [3.63, 3.8) is 0 Å². The van der Waals surface area contributed by atoms with Gasteiger partial charge in [0.1, 0.15) is 24.1 Å². The largest absolute Gasteiger partial charge is 0.506 e. The predicted octanol–water partition coefficient (Wildman–Crippen LogP) is -0.656. The van der Waals surface area contributed by atoms with Crippen molar-refractivity contribution in [2.24, 2.45) is 0 Å². The molecule has 3 aromatic rings. The molecule has 0 amide bonds. The molecule has 17 heavy (non-hydrogen) atoms. The molecule has 0 aliphatic carbocycles. The Labute approximate surface area is 94.3 Å². The molecule has 0 aliphatic rings. The number of phenolic OH excluding ortho intramolecular Hbond substituents is 1. The van der Waals surface area contributed by atoms with Crippen molar-refractivity contribution in [2.75, 3.05) is 0 Å². The molecule has 84 valence electrons. The molecule has 1 N–H and O–H groups in total. The van der Waals surface area contributed by atoms with E-state index in [0.29, 0.717) is 11.4 Å². The molecule has 0 atom stereocenters. The average molecular weight is 230 g/mol. The maximum Gasteiger partial charge on any atom is 0.144 e. The minimum absolute atomic E-state index is 0.0640. The van der Waals surface area contributed by atoms with Gasteiger partial charge in [-0.25, -0.2) is 4.68 Å². The van der Waals surface area contributed by atoms with Crippen LogP contribution in [0.5, 0.6) is 5.75 Å². The fourth-order valence-corrected chi connectivity index (χ4v) is 1.39. The molecular formula is C8H6N8O. The van der Waals surface area contributed by atoms with E-state index in [1.165, 1.54) is 28.1 Å². The zero-order valence-electron chi connectivity index (χ0n) is 8.41. The van der Waals surface area contributed by atoms with Gasteiger partial charge in [0.05, 0.1) is 5.69 Å². The van der Waals surface area contributed by atoms with Gasteiger partial charge in [-0.05, 0) is 39.1 Å². The van der Waals surface area contributed by atoms with Crippen molar-refractivity contribution in [1.29, 1.82) is 0 Å². The van der Waals surface area contributed by atoms with Crippen molar-refractivity contribution in [3.05, 3.63) is 30.9 Å². The van der Waals surface area contributed by atoms with E-state index in [1.807, 2.05) is 0 Å². The van der Waals surface area contributed by atoms with Crippen LogP contribution in [0.1, 0.15) is 0 Å². The third-order valence-corrected chi connectivity index (χ3v) is 2.17. The zero-order chi connectivity index (χ0) is 11.7. The van der Waals surface area contributed by atoms with Crippen molar-refractivity contribution in [2.45, 2.75) is 0 Å². The number of nitrogens with zero attached hydrogens (tertiary/aromatic N) is 8. The normalized spacial score (nSPS) is 10.6. The highest BCUT2D eigenvalue weighted by Crippen LogP contribution is 2.22. The molecule has 0 radical (unpaired) electrons. The molecule has 9 heteroatoms. The molecule has 2 heterocycles. The van der Waals surface area contributed by atoms with Gasteiger partial charge >= 0.3 is 0 Å². The Morgan fingerprint density at radius 3 is 2.29 bits per heavy atom. The Balaban J connectivity index is 2.13. The van der Waals surface area contributed by atoms with Gasteiger partial charge in [0.2, 0.25) is 0 Å². The molecule has 1 aromatic carbocycles. The van der Waals surface area contributed by atoms with Crippen LogP contribution < -0.4 is 0 Å². The number of hydrogen-bond donors (Lipinski definition) is 1. The van der Waals surface area contributed by atoms with Crippen LogP contribution in [0.2, 0.25) is 0 Å². The highest BCUT2D eigenvalue weighted by Gasteiger charge is 2.08. The lowest BCUT2D eigenvalue weighted by Crippen LogP contribution is -2.00. The van der Waals surface area contributed by atoms with E-state index in [4.69, 9.17) is 0 Å². The van der Waals surface area contributed by atoms with Gasteiger partial charge in [-0.1, -0.05) is 0 Å². The monoisotopic (exact) mass is 230 g/mol. The van der Waals surface area contributed by atoms with E-state index >= 15 is 0 Å². The molecule has 0 bridgehead atoms. The first kappa shape index (κ1) is 9.39. The molecule has 2 aromatic heterocycles. The summed E-state index contributed by atoms with van der Waals surface area (Å²) in [5.41, 5.74) is 1.14. The number of aromatic hydroxyl groups is 1. The summed E-state index contributed by atoms with van der Waals surface area (Å²) in [6, 6.07) is 4.87. The molecule has 0 unspecified atom stereocenters. The maximum absolute atomic E-state index is 9.73. The minimum atomic E-state index is 0.0640. The summed E-state index contributed by atoms with van der Waals surface area (Å²) in [5.74, 6) is 0.0640. The van der Waals surface area contributed by atoms with Gasteiger partial charge in [-0.2, -0.15) is 4.68 Å². The number of hydrogen-bond acceptors (Lipinski definition) is 7. The molecule has 0 saturated carbocycles. The Morgan fingerprint density at radius 2 is 1.65 bits per heavy atom. The van der Waals surface area contributed by atoms with E-state index in [1.54, 1.807) is 12.1 Å². The smallest absolute Gasteiger partial charge is 0.144 e. The topological polar surface area (TPSA) is 107 Å². The highest BCUT2D eigenvalue weighted by atomic mass is 16.3. The second-order valence-electron chi connectivity index (χ2n) is 3.18. The highest BCUT2D eigenvalue weighted by molar-refractivity contribution is 5.51. The van der Waals surface area contributed by atoms with Crippen LogP contribution in [0.4, 0.5) is 0 Å². The first-order chi connectivity index (χ1) is 8.34. The molecule has 3 rings (SSSR count). The van der Waals surface area contributed by atoms with Crippen LogP contribution in [0.25, 0.3) is 11.4 Å². The molecule has 0 spiro atoms. The van der Waals surface area contributed by atoms with Crippen molar-refractivity contribution < 1.29 is 5.11 Å². The standard InChI is InChI=1S/C8H6N8O/c17-8-2-1-6(15-4-9-11-13-15)3-7(8)16-5-10-12-14-16/h1-5,17H. The molecule has 0 saturated heterocycles. The lowest BCUT2D eigenvalue weighted by Gasteiger charge is -2.05. The summed E-state index contributed by atoms with van der Waals surface area (Å²) in [4.78, 5) is 0. The van der Waals surface area contributed by atoms with Gasteiger partial charge in [0.15, 0.2) is 0 Å². The number of tetrazole rings is 2. The van der Waals surface area contributed by atoms with Crippen LogP contribution in [0.3, 0.4) is 0 Å². The van der Waals surface area contributed by atoms with Crippen LogP contribution in [0, 0.1) is 0 Å². The summed E-state index contributed by atoms with van der Waals surface area (Å²) >= 11 is 0. The zero-order valence-corrected chi connectivity index (χ0v) is 8.41. The molecule has 0 fully saturated rings. The number of benzene rings is 1. The Morgan fingerprint density at radius 1 is 0.941 bits per heavy atom.